The molecule has 1 aromatic rings. The Morgan fingerprint density at radius 2 is 2.11 bits per heavy atom. The Labute approximate surface area is 117 Å². The summed E-state index contributed by atoms with van der Waals surface area (Å²) < 4.78 is 6.80. The van der Waals surface area contributed by atoms with Crippen molar-refractivity contribution in [2.45, 2.75) is 33.6 Å². The molecule has 0 saturated heterocycles. The first-order valence-electron chi connectivity index (χ1n) is 6.06. The van der Waals surface area contributed by atoms with Crippen LogP contribution in [0.3, 0.4) is 0 Å². The van der Waals surface area contributed by atoms with E-state index in [1.54, 1.807) is 0 Å². The maximum atomic E-state index is 7.49. The quantitative estimate of drug-likeness (QED) is 0.476. The highest BCUT2D eigenvalue weighted by Crippen LogP contribution is 2.24. The highest BCUT2D eigenvalue weighted by atomic mass is 79.9. The van der Waals surface area contributed by atoms with E-state index in [1.165, 1.54) is 0 Å². The predicted octanol–water partition coefficient (Wildman–Crippen LogP) is 3.88. The second kappa shape index (κ2) is 6.23. The van der Waals surface area contributed by atoms with Crippen LogP contribution in [0.15, 0.2) is 22.7 Å². The number of nitrogens with two attached hydrogens (primary N) is 1. The highest BCUT2D eigenvalue weighted by molar-refractivity contribution is 9.10. The van der Waals surface area contributed by atoms with Gasteiger partial charge in [-0.1, -0.05) is 29.8 Å². The molecular weight excluding hydrogens is 292 g/mol. The molecule has 0 bridgehead atoms. The normalized spacial score (nSPS) is 11.3. The van der Waals surface area contributed by atoms with Crippen LogP contribution in [-0.4, -0.2) is 12.4 Å². The van der Waals surface area contributed by atoms with Crippen LogP contribution in [0.25, 0.3) is 0 Å². The van der Waals surface area contributed by atoms with Crippen LogP contribution < -0.4 is 10.5 Å². The molecule has 0 aromatic heterocycles. The zero-order valence-corrected chi connectivity index (χ0v) is 12.8. The molecule has 0 radical (unpaired) electrons. The first kappa shape index (κ1) is 15.0. The number of amidine groups is 1. The third-order valence-electron chi connectivity index (χ3n) is 3.07. The molecule has 0 aliphatic heterocycles. The van der Waals surface area contributed by atoms with E-state index < -0.39 is 0 Å². The van der Waals surface area contributed by atoms with Crippen molar-refractivity contribution in [3.63, 3.8) is 0 Å². The summed E-state index contributed by atoms with van der Waals surface area (Å²) in [7, 11) is 0. The van der Waals surface area contributed by atoms with Crippen molar-refractivity contribution in [1.82, 2.24) is 0 Å². The fourth-order valence-electron chi connectivity index (χ4n) is 1.61. The zero-order valence-electron chi connectivity index (χ0n) is 11.2. The molecule has 0 heterocycles. The Morgan fingerprint density at radius 1 is 1.44 bits per heavy atom. The maximum absolute atomic E-state index is 7.49. The Hall–Kier alpha value is -1.03. The monoisotopic (exact) mass is 312 g/mol. The van der Waals surface area contributed by atoms with Gasteiger partial charge in [0.2, 0.25) is 0 Å². The van der Waals surface area contributed by atoms with Crippen LogP contribution in [0, 0.1) is 17.7 Å². The third-order valence-corrected chi connectivity index (χ3v) is 3.56. The van der Waals surface area contributed by atoms with Gasteiger partial charge in [-0.3, -0.25) is 5.41 Å². The van der Waals surface area contributed by atoms with Crippen LogP contribution in [0.5, 0.6) is 5.75 Å². The third kappa shape index (κ3) is 4.33. The SMILES string of the molecule is Cc1cc(Br)ccc1OCCCC(C)(C)C(=N)N. The lowest BCUT2D eigenvalue weighted by atomic mass is 9.87. The predicted molar refractivity (Wildman–Crippen MR) is 79.3 cm³/mol. The molecule has 1 rings (SSSR count). The summed E-state index contributed by atoms with van der Waals surface area (Å²) in [6.07, 6.45) is 1.75. The van der Waals surface area contributed by atoms with Gasteiger partial charge in [0.1, 0.15) is 5.75 Å². The number of benzene rings is 1. The van der Waals surface area contributed by atoms with Gasteiger partial charge in [0.25, 0.3) is 0 Å². The van der Waals surface area contributed by atoms with Gasteiger partial charge in [-0.25, -0.2) is 0 Å². The minimum Gasteiger partial charge on any atom is -0.493 e. The van der Waals surface area contributed by atoms with Crippen LogP contribution in [0.4, 0.5) is 0 Å². The number of nitrogens with one attached hydrogen (secondary N) is 1. The minimum absolute atomic E-state index is 0.238. The van der Waals surface area contributed by atoms with Gasteiger partial charge >= 0.3 is 0 Å². The van der Waals surface area contributed by atoms with E-state index in [0.29, 0.717) is 6.61 Å². The molecule has 1 aromatic carbocycles. The molecule has 0 aliphatic carbocycles. The van der Waals surface area contributed by atoms with Crippen LogP contribution in [0.1, 0.15) is 32.3 Å². The van der Waals surface area contributed by atoms with E-state index in [4.69, 9.17) is 15.9 Å². The Morgan fingerprint density at radius 3 is 2.67 bits per heavy atom. The number of halogens is 1. The van der Waals surface area contributed by atoms with Crippen molar-refractivity contribution in [2.24, 2.45) is 11.1 Å². The largest absolute Gasteiger partial charge is 0.493 e. The number of hydrogen-bond acceptors (Lipinski definition) is 2. The summed E-state index contributed by atoms with van der Waals surface area (Å²) in [4.78, 5) is 0. The average Bonchev–Trinajstić information content (AvgIpc) is 2.26. The Kier molecular flexibility index (Phi) is 5.20. The minimum atomic E-state index is -0.238. The molecule has 3 N–H and O–H groups in total. The maximum Gasteiger partial charge on any atom is 0.122 e. The standard InChI is InChI=1S/C14H21BrN2O/c1-10-9-11(15)5-6-12(10)18-8-4-7-14(2,3)13(16)17/h5-6,9H,4,7-8H2,1-3H3,(H3,16,17). The van der Waals surface area contributed by atoms with Crippen LogP contribution >= 0.6 is 15.9 Å². The molecule has 0 atom stereocenters. The van der Waals surface area contributed by atoms with E-state index in [9.17, 15) is 0 Å². The van der Waals surface area contributed by atoms with Gasteiger partial charge in [-0.15, -0.1) is 0 Å². The highest BCUT2D eigenvalue weighted by Gasteiger charge is 2.20. The first-order chi connectivity index (χ1) is 8.33. The van der Waals surface area contributed by atoms with Gasteiger partial charge in [0.05, 0.1) is 12.4 Å². The smallest absolute Gasteiger partial charge is 0.122 e. The first-order valence-corrected chi connectivity index (χ1v) is 6.86. The molecule has 18 heavy (non-hydrogen) atoms. The summed E-state index contributed by atoms with van der Waals surface area (Å²) in [6.45, 7) is 6.65. The van der Waals surface area contributed by atoms with Crippen molar-refractivity contribution >= 4 is 21.8 Å². The zero-order chi connectivity index (χ0) is 13.8. The van der Waals surface area contributed by atoms with E-state index in [1.807, 2.05) is 39.0 Å². The Balaban J connectivity index is 2.41. The molecule has 0 amide bonds. The Bertz CT molecular complexity index is 430. The molecule has 0 unspecified atom stereocenters. The van der Waals surface area contributed by atoms with Gasteiger partial charge in [-0.05, 0) is 43.5 Å². The second-order valence-electron chi connectivity index (χ2n) is 5.16. The molecular formula is C14H21BrN2O. The summed E-state index contributed by atoms with van der Waals surface area (Å²) in [6, 6.07) is 5.98. The van der Waals surface area contributed by atoms with E-state index in [2.05, 4.69) is 15.9 Å². The van der Waals surface area contributed by atoms with Crippen molar-refractivity contribution < 1.29 is 4.74 Å². The van der Waals surface area contributed by atoms with Crippen molar-refractivity contribution in [1.29, 1.82) is 5.41 Å². The second-order valence-corrected chi connectivity index (χ2v) is 6.08. The lowest BCUT2D eigenvalue weighted by Gasteiger charge is -2.22. The van der Waals surface area contributed by atoms with Crippen molar-refractivity contribution in [2.75, 3.05) is 6.61 Å². The van der Waals surface area contributed by atoms with E-state index in [0.717, 1.165) is 28.6 Å². The molecule has 0 saturated carbocycles. The molecule has 3 nitrogen and oxygen atoms in total. The molecule has 100 valence electrons. The fourth-order valence-corrected chi connectivity index (χ4v) is 2.08. The van der Waals surface area contributed by atoms with E-state index >= 15 is 0 Å². The van der Waals surface area contributed by atoms with Crippen LogP contribution in [0.2, 0.25) is 0 Å². The number of aryl methyl sites for hydroxylation is 1. The summed E-state index contributed by atoms with van der Waals surface area (Å²) in [5.74, 6) is 1.15. The summed E-state index contributed by atoms with van der Waals surface area (Å²) in [5, 5.41) is 7.49. The van der Waals surface area contributed by atoms with Gasteiger partial charge < -0.3 is 10.5 Å². The van der Waals surface area contributed by atoms with Gasteiger partial charge in [0, 0.05) is 9.89 Å². The molecule has 0 aliphatic rings. The van der Waals surface area contributed by atoms with E-state index in [-0.39, 0.29) is 11.3 Å². The summed E-state index contributed by atoms with van der Waals surface area (Å²) >= 11 is 3.43. The molecule has 0 fully saturated rings. The topological polar surface area (TPSA) is 59.1 Å². The number of ether oxygens (including phenoxy) is 1. The lowest BCUT2D eigenvalue weighted by Crippen LogP contribution is -2.31. The van der Waals surface area contributed by atoms with Crippen molar-refractivity contribution in [3.05, 3.63) is 28.2 Å². The van der Waals surface area contributed by atoms with Gasteiger partial charge in [0.15, 0.2) is 0 Å². The average molecular weight is 313 g/mol. The van der Waals surface area contributed by atoms with Gasteiger partial charge in [-0.2, -0.15) is 0 Å². The summed E-state index contributed by atoms with van der Waals surface area (Å²) in [5.41, 5.74) is 6.42. The van der Waals surface area contributed by atoms with Crippen LogP contribution in [-0.2, 0) is 0 Å². The molecule has 4 heteroatoms. The number of rotatable bonds is 6. The molecule has 0 spiro atoms. The number of hydrogen-bond donors (Lipinski definition) is 2. The van der Waals surface area contributed by atoms with Crippen molar-refractivity contribution in [3.8, 4) is 5.75 Å². The lowest BCUT2D eigenvalue weighted by molar-refractivity contribution is 0.285. The fraction of sp³-hybridized carbons (Fsp3) is 0.500.